The van der Waals surface area contributed by atoms with Crippen LogP contribution in [0.2, 0.25) is 0 Å². The van der Waals surface area contributed by atoms with Gasteiger partial charge in [-0.3, -0.25) is 0 Å². The van der Waals surface area contributed by atoms with Gasteiger partial charge in [-0.1, -0.05) is 285 Å². The Morgan fingerprint density at radius 1 is 0.155 bits per heavy atom. The van der Waals surface area contributed by atoms with Gasteiger partial charge in [-0.2, -0.15) is 0 Å². The Labute approximate surface area is 627 Å². The Kier molecular flexibility index (Phi) is 13.5. The number of nitrogens with zero attached hydrogens (tertiary/aromatic N) is 6. The van der Waals surface area contributed by atoms with E-state index < -0.39 is 0 Å². The van der Waals surface area contributed by atoms with Crippen molar-refractivity contribution in [2.45, 2.75) is 0 Å². The van der Waals surface area contributed by atoms with E-state index >= 15 is 0 Å². The molecule has 0 aliphatic heterocycles. The Hall–Kier alpha value is -15.0. The van der Waals surface area contributed by atoms with Crippen molar-refractivity contribution in [3.8, 4) is 113 Å². The number of hydrogen-bond acceptors (Lipinski definition) is 10. The molecule has 10 heteroatoms. The molecule has 0 unspecified atom stereocenters. The molecule has 0 spiro atoms. The van der Waals surface area contributed by atoms with Crippen LogP contribution >= 0.6 is 0 Å². The number of furan rings is 4. The normalized spacial score (nSPS) is 12.0. The summed E-state index contributed by atoms with van der Waals surface area (Å²) in [6, 6.07) is 118. The highest BCUT2D eigenvalue weighted by molar-refractivity contribution is 6.24. The molecule has 0 amide bonds. The minimum absolute atomic E-state index is 0.535. The first-order valence-electron chi connectivity index (χ1n) is 36.9. The van der Waals surface area contributed by atoms with Crippen molar-refractivity contribution in [2.75, 3.05) is 0 Å². The van der Waals surface area contributed by atoms with Crippen LogP contribution in [0, 0.1) is 0 Å². The zero-order valence-electron chi connectivity index (χ0n) is 58.6. The van der Waals surface area contributed by atoms with E-state index in [-0.39, 0.29) is 0 Å². The lowest BCUT2D eigenvalue weighted by Gasteiger charge is -2.13. The van der Waals surface area contributed by atoms with Gasteiger partial charge in [0, 0.05) is 82.0 Å². The molecule has 6 heterocycles. The van der Waals surface area contributed by atoms with Gasteiger partial charge in [0.1, 0.15) is 44.7 Å². The topological polar surface area (TPSA) is 130 Å². The molecular weight excluding hydrogens is 1350 g/mol. The van der Waals surface area contributed by atoms with Crippen LogP contribution in [-0.4, -0.2) is 29.9 Å². The molecule has 0 fully saturated rings. The van der Waals surface area contributed by atoms with Crippen LogP contribution in [0.4, 0.5) is 0 Å². The average molecular weight is 1410 g/mol. The molecule has 17 aromatic carbocycles. The summed E-state index contributed by atoms with van der Waals surface area (Å²) in [5.41, 5.74) is 20.0. The van der Waals surface area contributed by atoms with Gasteiger partial charge in [0.2, 0.25) is 0 Å². The Balaban J connectivity index is 0.614. The van der Waals surface area contributed by atoms with Crippen LogP contribution in [0.25, 0.3) is 244 Å². The zero-order chi connectivity index (χ0) is 72.1. The van der Waals surface area contributed by atoms with Crippen LogP contribution in [0.3, 0.4) is 0 Å². The van der Waals surface area contributed by atoms with E-state index in [9.17, 15) is 0 Å². The highest BCUT2D eigenvalue weighted by atomic mass is 16.3. The Bertz CT molecular complexity index is 7780. The maximum absolute atomic E-state index is 7.05. The molecular formula is C100H56N6O4. The number of rotatable bonds is 10. The molecule has 23 rings (SSSR count). The fourth-order valence-corrected chi connectivity index (χ4v) is 16.8. The minimum atomic E-state index is 0.535. The molecule has 23 aromatic rings. The lowest BCUT2D eigenvalue weighted by atomic mass is 9.94. The molecule has 0 bridgehead atoms. The smallest absolute Gasteiger partial charge is 0.164 e. The minimum Gasteiger partial charge on any atom is -0.456 e. The molecule has 0 atom stereocenters. The van der Waals surface area contributed by atoms with Crippen LogP contribution in [0.15, 0.2) is 357 Å². The van der Waals surface area contributed by atoms with E-state index in [0.717, 1.165) is 198 Å². The van der Waals surface area contributed by atoms with Gasteiger partial charge in [-0.15, -0.1) is 0 Å². The number of para-hydroxylation sites is 4. The van der Waals surface area contributed by atoms with E-state index in [1.54, 1.807) is 0 Å². The van der Waals surface area contributed by atoms with Crippen molar-refractivity contribution in [3.05, 3.63) is 340 Å². The first kappa shape index (κ1) is 61.3. The van der Waals surface area contributed by atoms with Crippen molar-refractivity contribution >= 4 is 131 Å². The molecule has 6 aromatic heterocycles. The maximum Gasteiger partial charge on any atom is 0.164 e. The highest BCUT2D eigenvalue weighted by Crippen LogP contribution is 2.47. The summed E-state index contributed by atoms with van der Waals surface area (Å²) in [6.07, 6.45) is 0. The number of aromatic nitrogens is 6. The first-order chi connectivity index (χ1) is 54.5. The van der Waals surface area contributed by atoms with Crippen LogP contribution in [0.1, 0.15) is 0 Å². The van der Waals surface area contributed by atoms with Crippen molar-refractivity contribution in [1.82, 2.24) is 29.9 Å². The second-order valence-corrected chi connectivity index (χ2v) is 28.3. The van der Waals surface area contributed by atoms with Crippen LogP contribution < -0.4 is 0 Å². The highest BCUT2D eigenvalue weighted by Gasteiger charge is 2.25. The standard InChI is InChI=1S/C100H56N6O4/c1-2-18-64-53-65(50-39-57(64)17-1)58-37-44-61(45-38-58)95-101-96(104-99(103-95)81-55-88-92(74-22-5-3-20-72(74)81)78-25-8-11-33-84(78)108-88)62-48-42-60(43-49-62)70-28-16-36-87-91(70)80-31-14-30-76(94(80)110-87)71-29-13-19-66-54-67(51-52-68(66)71)98-102-97(63-46-40-59(41-47-63)69-27-15-35-86-90(69)77-24-7-10-32-83(77)107-86)105-100(106-98)82-56-89-93(75-23-6-4-21-73(75)82)79-26-9-12-34-85(79)109-89/h1-56H. The average Bonchev–Trinajstić information content (AvgIpc) is 1.55. The Morgan fingerprint density at radius 3 is 1.07 bits per heavy atom. The van der Waals surface area contributed by atoms with Crippen LogP contribution in [0.5, 0.6) is 0 Å². The summed E-state index contributed by atoms with van der Waals surface area (Å²) in [4.78, 5) is 32.1. The molecule has 0 radical (unpaired) electrons. The largest absolute Gasteiger partial charge is 0.456 e. The summed E-state index contributed by atoms with van der Waals surface area (Å²) in [5, 5.41) is 17.1. The third kappa shape index (κ3) is 9.83. The van der Waals surface area contributed by atoms with E-state index in [0.29, 0.717) is 34.9 Å². The van der Waals surface area contributed by atoms with Crippen molar-refractivity contribution in [3.63, 3.8) is 0 Å². The van der Waals surface area contributed by atoms with Crippen molar-refractivity contribution in [1.29, 1.82) is 0 Å². The molecule has 110 heavy (non-hydrogen) atoms. The predicted molar refractivity (Wildman–Crippen MR) is 447 cm³/mol. The molecule has 10 nitrogen and oxygen atoms in total. The molecule has 0 aliphatic carbocycles. The van der Waals surface area contributed by atoms with E-state index in [1.165, 1.54) is 10.8 Å². The zero-order valence-corrected chi connectivity index (χ0v) is 58.6. The van der Waals surface area contributed by atoms with Gasteiger partial charge < -0.3 is 17.7 Å². The third-order valence-electron chi connectivity index (χ3n) is 22.0. The third-order valence-corrected chi connectivity index (χ3v) is 22.0. The van der Waals surface area contributed by atoms with Gasteiger partial charge in [-0.25, -0.2) is 29.9 Å². The monoisotopic (exact) mass is 1400 g/mol. The molecule has 0 saturated heterocycles. The fraction of sp³-hybridized carbons (Fsp3) is 0. The Morgan fingerprint density at radius 2 is 0.509 bits per heavy atom. The molecule has 510 valence electrons. The quantitative estimate of drug-likeness (QED) is 0.130. The second-order valence-electron chi connectivity index (χ2n) is 28.3. The van der Waals surface area contributed by atoms with Gasteiger partial charge in [0.15, 0.2) is 34.9 Å². The summed E-state index contributed by atoms with van der Waals surface area (Å²) in [5.74, 6) is 3.28. The summed E-state index contributed by atoms with van der Waals surface area (Å²) >= 11 is 0. The lowest BCUT2D eigenvalue weighted by molar-refractivity contribution is 0.668. The summed E-state index contributed by atoms with van der Waals surface area (Å²) in [6.45, 7) is 0. The first-order valence-corrected chi connectivity index (χ1v) is 36.9. The van der Waals surface area contributed by atoms with E-state index in [4.69, 9.17) is 47.6 Å². The van der Waals surface area contributed by atoms with Crippen LogP contribution in [-0.2, 0) is 0 Å². The molecule has 0 N–H and O–H groups in total. The summed E-state index contributed by atoms with van der Waals surface area (Å²) < 4.78 is 26.6. The maximum atomic E-state index is 7.05. The predicted octanol–water partition coefficient (Wildman–Crippen LogP) is 26.9. The second kappa shape index (κ2) is 24.3. The van der Waals surface area contributed by atoms with E-state index in [2.05, 4.69) is 297 Å². The van der Waals surface area contributed by atoms with Gasteiger partial charge in [0.05, 0.1) is 0 Å². The molecule has 0 aliphatic rings. The van der Waals surface area contributed by atoms with Gasteiger partial charge in [0.25, 0.3) is 0 Å². The van der Waals surface area contributed by atoms with Gasteiger partial charge in [-0.05, 0) is 137 Å². The fourth-order valence-electron chi connectivity index (χ4n) is 16.8. The van der Waals surface area contributed by atoms with Crippen molar-refractivity contribution < 1.29 is 17.7 Å². The molecule has 0 saturated carbocycles. The van der Waals surface area contributed by atoms with E-state index in [1.807, 2.05) is 42.5 Å². The summed E-state index contributed by atoms with van der Waals surface area (Å²) in [7, 11) is 0. The lowest BCUT2D eigenvalue weighted by Crippen LogP contribution is -2.01. The number of hydrogen-bond donors (Lipinski definition) is 0. The number of fused-ring (bicyclic) bond motifs is 18. The van der Waals surface area contributed by atoms with Gasteiger partial charge >= 0.3 is 0 Å². The SMILES string of the molecule is c1ccc2cc(-c3ccc(-c4nc(-c5ccc(-c6cccc7oc8c(-c9cccc%10cc(-c%11nc(-c%12ccc(-c%13cccc%14oc%15ccccc%15c%13%14)cc%12)nc(-c%12cc%13oc%14ccccc%14c%13c%13ccccc%12%13)n%11)ccc9%10)cccc8c67)cc5)nc(-c5cc6oc7ccccc7c6c6ccccc56)n4)cc3)ccc2c1. The van der Waals surface area contributed by atoms with Crippen molar-refractivity contribution in [2.24, 2.45) is 0 Å². The number of benzene rings is 17.